The third-order valence-corrected chi connectivity index (χ3v) is 5.71. The summed E-state index contributed by atoms with van der Waals surface area (Å²) in [5.74, 6) is -0.221. The SMILES string of the molecule is COC/C=C/C(=O)Nc1cccc(-c2cnc3[nH]cc(-c4cn(C)c(=O)c5[nH]ccc45)c3c2)c1. The predicted octanol–water partition coefficient (Wildman–Crippen LogP) is 4.22. The van der Waals surface area contributed by atoms with Crippen LogP contribution in [-0.2, 0) is 16.6 Å². The van der Waals surface area contributed by atoms with Crippen molar-refractivity contribution >= 4 is 33.5 Å². The molecule has 0 aliphatic carbocycles. The number of nitrogens with zero attached hydrogens (tertiary/aromatic N) is 2. The van der Waals surface area contributed by atoms with Crippen LogP contribution in [0.25, 0.3) is 44.2 Å². The fourth-order valence-electron chi connectivity index (χ4n) is 4.08. The summed E-state index contributed by atoms with van der Waals surface area (Å²) in [5, 5.41) is 4.67. The number of nitrogens with one attached hydrogen (secondary N) is 3. The summed E-state index contributed by atoms with van der Waals surface area (Å²) in [6.07, 6.45) is 10.4. The zero-order valence-corrected chi connectivity index (χ0v) is 18.8. The Kier molecular flexibility index (Phi) is 5.57. The molecule has 4 aromatic heterocycles. The molecule has 8 heteroatoms. The van der Waals surface area contributed by atoms with Crippen LogP contribution in [0.4, 0.5) is 5.69 Å². The van der Waals surface area contributed by atoms with Crippen molar-refractivity contribution in [3.05, 3.63) is 83.7 Å². The summed E-state index contributed by atoms with van der Waals surface area (Å²) in [6.45, 7) is 0.378. The van der Waals surface area contributed by atoms with Gasteiger partial charge in [0.1, 0.15) is 11.2 Å². The number of carbonyl (C=O) groups is 1. The van der Waals surface area contributed by atoms with E-state index in [1.165, 1.54) is 6.08 Å². The van der Waals surface area contributed by atoms with Crippen LogP contribution in [0, 0.1) is 0 Å². The van der Waals surface area contributed by atoms with Crippen molar-refractivity contribution in [1.29, 1.82) is 0 Å². The zero-order valence-electron chi connectivity index (χ0n) is 18.8. The zero-order chi connectivity index (χ0) is 23.7. The quantitative estimate of drug-likeness (QED) is 0.335. The van der Waals surface area contributed by atoms with Gasteiger partial charge in [-0.1, -0.05) is 18.2 Å². The number of H-pyrrole nitrogens is 2. The summed E-state index contributed by atoms with van der Waals surface area (Å²) in [4.78, 5) is 35.5. The number of rotatable bonds is 6. The van der Waals surface area contributed by atoms with E-state index >= 15 is 0 Å². The van der Waals surface area contributed by atoms with Gasteiger partial charge in [0.2, 0.25) is 5.91 Å². The van der Waals surface area contributed by atoms with Gasteiger partial charge in [-0.15, -0.1) is 0 Å². The molecule has 170 valence electrons. The number of pyridine rings is 2. The first-order valence-corrected chi connectivity index (χ1v) is 10.8. The van der Waals surface area contributed by atoms with Crippen molar-refractivity contribution in [1.82, 2.24) is 19.5 Å². The lowest BCUT2D eigenvalue weighted by atomic mass is 10.0. The number of methoxy groups -OCH3 is 1. The van der Waals surface area contributed by atoms with Crippen molar-refractivity contribution in [2.24, 2.45) is 7.05 Å². The highest BCUT2D eigenvalue weighted by Crippen LogP contribution is 2.34. The molecule has 0 bridgehead atoms. The Labute approximate surface area is 194 Å². The number of benzene rings is 1. The van der Waals surface area contributed by atoms with Gasteiger partial charge >= 0.3 is 0 Å². The number of aromatic amines is 2. The summed E-state index contributed by atoms with van der Waals surface area (Å²) in [6, 6.07) is 11.6. The van der Waals surface area contributed by atoms with Crippen LogP contribution in [0.15, 0.2) is 78.1 Å². The molecule has 0 atom stereocenters. The highest BCUT2D eigenvalue weighted by atomic mass is 16.5. The second kappa shape index (κ2) is 8.84. The molecule has 3 N–H and O–H groups in total. The van der Waals surface area contributed by atoms with E-state index in [0.29, 0.717) is 17.8 Å². The predicted molar refractivity (Wildman–Crippen MR) is 134 cm³/mol. The van der Waals surface area contributed by atoms with E-state index in [9.17, 15) is 9.59 Å². The van der Waals surface area contributed by atoms with E-state index < -0.39 is 0 Å². The molecule has 0 unspecified atom stereocenters. The topological polar surface area (TPSA) is 105 Å². The summed E-state index contributed by atoms with van der Waals surface area (Å²) in [5.41, 5.74) is 5.67. The minimum absolute atomic E-state index is 0.0710. The van der Waals surface area contributed by atoms with Gasteiger partial charge in [0.05, 0.1) is 6.61 Å². The first-order valence-electron chi connectivity index (χ1n) is 10.8. The second-order valence-corrected chi connectivity index (χ2v) is 7.98. The Morgan fingerprint density at radius 1 is 1.15 bits per heavy atom. The van der Waals surface area contributed by atoms with E-state index in [-0.39, 0.29) is 11.5 Å². The second-order valence-electron chi connectivity index (χ2n) is 7.98. The molecule has 1 amide bonds. The maximum absolute atomic E-state index is 12.5. The van der Waals surface area contributed by atoms with Crippen molar-refractivity contribution in [2.75, 3.05) is 19.0 Å². The van der Waals surface area contributed by atoms with E-state index in [4.69, 9.17) is 4.74 Å². The first kappa shape index (κ1) is 21.4. The summed E-state index contributed by atoms with van der Waals surface area (Å²) in [7, 11) is 3.32. The molecular formula is C26H23N5O3. The Hall–Kier alpha value is -4.43. The molecule has 8 nitrogen and oxygen atoms in total. The van der Waals surface area contributed by atoms with Crippen LogP contribution in [0.3, 0.4) is 0 Å². The van der Waals surface area contributed by atoms with Crippen LogP contribution in [-0.4, -0.2) is 39.1 Å². The number of hydrogen-bond acceptors (Lipinski definition) is 4. The average molecular weight is 454 g/mol. The van der Waals surface area contributed by atoms with Crippen LogP contribution >= 0.6 is 0 Å². The van der Waals surface area contributed by atoms with Crippen molar-refractivity contribution in [3.8, 4) is 22.3 Å². The molecule has 5 aromatic rings. The van der Waals surface area contributed by atoms with Gasteiger partial charge in [0, 0.05) is 78.2 Å². The van der Waals surface area contributed by atoms with Gasteiger partial charge in [-0.2, -0.15) is 0 Å². The van der Waals surface area contributed by atoms with E-state index in [2.05, 4.69) is 26.3 Å². The molecule has 0 radical (unpaired) electrons. The molecule has 1 aromatic carbocycles. The van der Waals surface area contributed by atoms with E-state index in [1.807, 2.05) is 42.7 Å². The van der Waals surface area contributed by atoms with Gasteiger partial charge in [-0.05, 0) is 29.8 Å². The molecular weight excluding hydrogens is 430 g/mol. The lowest BCUT2D eigenvalue weighted by Crippen LogP contribution is -2.16. The molecule has 0 saturated heterocycles. The van der Waals surface area contributed by atoms with Gasteiger partial charge < -0.3 is 24.6 Å². The minimum Gasteiger partial charge on any atom is -0.381 e. The highest BCUT2D eigenvalue weighted by Gasteiger charge is 2.15. The third-order valence-electron chi connectivity index (χ3n) is 5.71. The van der Waals surface area contributed by atoms with Crippen molar-refractivity contribution in [3.63, 3.8) is 0 Å². The van der Waals surface area contributed by atoms with Crippen LogP contribution in [0.2, 0.25) is 0 Å². The van der Waals surface area contributed by atoms with E-state index in [1.54, 1.807) is 37.2 Å². The summed E-state index contributed by atoms with van der Waals surface area (Å²) < 4.78 is 6.51. The molecule has 34 heavy (non-hydrogen) atoms. The molecule has 0 aliphatic heterocycles. The molecule has 0 aliphatic rings. The molecule has 4 heterocycles. The lowest BCUT2D eigenvalue weighted by Gasteiger charge is -2.08. The van der Waals surface area contributed by atoms with Gasteiger partial charge in [-0.25, -0.2) is 4.98 Å². The number of aromatic nitrogens is 4. The molecule has 0 spiro atoms. The maximum Gasteiger partial charge on any atom is 0.274 e. The smallest absolute Gasteiger partial charge is 0.274 e. The number of ether oxygens (including phenoxy) is 1. The molecule has 5 rings (SSSR count). The fraction of sp³-hybridized carbons (Fsp3) is 0.115. The normalized spacial score (nSPS) is 11.6. The van der Waals surface area contributed by atoms with Crippen LogP contribution in [0.1, 0.15) is 0 Å². The van der Waals surface area contributed by atoms with Crippen LogP contribution in [0.5, 0.6) is 0 Å². The van der Waals surface area contributed by atoms with Crippen molar-refractivity contribution < 1.29 is 9.53 Å². The van der Waals surface area contributed by atoms with Gasteiger partial charge in [-0.3, -0.25) is 9.59 Å². The number of fused-ring (bicyclic) bond motifs is 2. The number of anilines is 1. The monoisotopic (exact) mass is 453 g/mol. The molecule has 0 fully saturated rings. The number of amides is 1. The average Bonchev–Trinajstić information content (AvgIpc) is 3.49. The summed E-state index contributed by atoms with van der Waals surface area (Å²) >= 11 is 0. The number of carbonyl (C=O) groups excluding carboxylic acids is 1. The van der Waals surface area contributed by atoms with Crippen molar-refractivity contribution in [2.45, 2.75) is 0 Å². The Morgan fingerprint density at radius 3 is 2.88 bits per heavy atom. The number of aryl methyl sites for hydroxylation is 1. The van der Waals surface area contributed by atoms with Gasteiger partial charge in [0.15, 0.2) is 0 Å². The van der Waals surface area contributed by atoms with E-state index in [0.717, 1.165) is 38.7 Å². The highest BCUT2D eigenvalue weighted by molar-refractivity contribution is 6.04. The lowest BCUT2D eigenvalue weighted by molar-refractivity contribution is -0.111. The Balaban J connectivity index is 1.54. The minimum atomic E-state index is -0.221. The third kappa shape index (κ3) is 3.91. The molecule has 0 saturated carbocycles. The standard InChI is InChI=1S/C26H23N5O3/c1-31-15-22(19-8-9-27-24(19)26(31)33)21-14-29-25-20(21)12-17(13-28-25)16-5-3-6-18(11-16)30-23(32)7-4-10-34-2/h3-9,11-15,27H,10H2,1-2H3,(H,28,29)(H,30,32)/b7-4+. The first-order chi connectivity index (χ1) is 16.5. The maximum atomic E-state index is 12.5. The fourth-order valence-corrected chi connectivity index (χ4v) is 4.08. The largest absolute Gasteiger partial charge is 0.381 e. The number of hydrogen-bond donors (Lipinski definition) is 3. The van der Waals surface area contributed by atoms with Crippen LogP contribution < -0.4 is 10.9 Å². The van der Waals surface area contributed by atoms with Gasteiger partial charge in [0.25, 0.3) is 5.56 Å². The Bertz CT molecular complexity index is 1610. The Morgan fingerprint density at radius 2 is 2.03 bits per heavy atom.